The van der Waals surface area contributed by atoms with Crippen LogP contribution in [0.15, 0.2) is 0 Å². The Balaban J connectivity index is 2.51. The standard InChI is InChI=1S/C13H26N4O2S2/c1-5-8-14-9-7-10-17(4)21(18,19)16-13-15-12(6-2)11(3)20-13/h14H,5-10H2,1-4H3,(H,15,16). The number of aromatic nitrogens is 1. The minimum Gasteiger partial charge on any atom is -0.317 e. The molecular weight excluding hydrogens is 308 g/mol. The molecule has 0 saturated heterocycles. The van der Waals surface area contributed by atoms with Crippen LogP contribution in [0.4, 0.5) is 5.13 Å². The third kappa shape index (κ3) is 5.90. The first-order chi connectivity index (χ1) is 9.90. The second kappa shape index (κ2) is 8.67. The van der Waals surface area contributed by atoms with Crippen LogP contribution in [0.5, 0.6) is 0 Å². The van der Waals surface area contributed by atoms with Crippen LogP contribution in [0.2, 0.25) is 0 Å². The molecule has 0 spiro atoms. The number of rotatable bonds is 10. The zero-order chi connectivity index (χ0) is 15.9. The molecule has 0 aliphatic carbocycles. The zero-order valence-electron chi connectivity index (χ0n) is 13.3. The molecule has 0 aromatic carbocycles. The molecule has 1 aromatic rings. The van der Waals surface area contributed by atoms with E-state index in [0.29, 0.717) is 11.7 Å². The molecule has 0 amide bonds. The first-order valence-electron chi connectivity index (χ1n) is 7.31. The summed E-state index contributed by atoms with van der Waals surface area (Å²) in [5, 5.41) is 3.70. The Labute approximate surface area is 132 Å². The monoisotopic (exact) mass is 334 g/mol. The maximum Gasteiger partial charge on any atom is 0.303 e. The Bertz CT molecular complexity index is 528. The number of hydrogen-bond acceptors (Lipinski definition) is 5. The topological polar surface area (TPSA) is 74.3 Å². The summed E-state index contributed by atoms with van der Waals surface area (Å²) in [5.41, 5.74) is 0.948. The molecule has 0 radical (unpaired) electrons. The Morgan fingerprint density at radius 2 is 2.00 bits per heavy atom. The predicted molar refractivity (Wildman–Crippen MR) is 89.2 cm³/mol. The Morgan fingerprint density at radius 3 is 2.57 bits per heavy atom. The first kappa shape index (κ1) is 18.3. The number of nitrogens with one attached hydrogen (secondary N) is 2. The van der Waals surface area contributed by atoms with Gasteiger partial charge in [0, 0.05) is 18.5 Å². The number of thiazole rings is 1. The van der Waals surface area contributed by atoms with Gasteiger partial charge in [-0.2, -0.15) is 12.7 Å². The highest BCUT2D eigenvalue weighted by Crippen LogP contribution is 2.23. The first-order valence-corrected chi connectivity index (χ1v) is 9.57. The second-order valence-corrected chi connectivity index (χ2v) is 7.89. The van der Waals surface area contributed by atoms with E-state index in [4.69, 9.17) is 0 Å². The van der Waals surface area contributed by atoms with E-state index >= 15 is 0 Å². The molecule has 0 saturated carbocycles. The Morgan fingerprint density at radius 1 is 1.29 bits per heavy atom. The van der Waals surface area contributed by atoms with Gasteiger partial charge in [0.25, 0.3) is 0 Å². The molecular formula is C13H26N4O2S2. The van der Waals surface area contributed by atoms with Gasteiger partial charge in [-0.3, -0.25) is 0 Å². The second-order valence-electron chi connectivity index (χ2n) is 4.91. The van der Waals surface area contributed by atoms with E-state index in [2.05, 4.69) is 21.9 Å². The smallest absolute Gasteiger partial charge is 0.303 e. The maximum absolute atomic E-state index is 12.2. The van der Waals surface area contributed by atoms with Gasteiger partial charge in [-0.15, -0.1) is 11.3 Å². The third-order valence-electron chi connectivity index (χ3n) is 3.11. The molecule has 2 N–H and O–H groups in total. The van der Waals surface area contributed by atoms with Crippen LogP contribution in [-0.4, -0.2) is 44.4 Å². The van der Waals surface area contributed by atoms with Crippen LogP contribution >= 0.6 is 11.3 Å². The van der Waals surface area contributed by atoms with E-state index in [0.717, 1.165) is 42.9 Å². The number of nitrogens with zero attached hydrogens (tertiary/aromatic N) is 2. The van der Waals surface area contributed by atoms with E-state index in [1.54, 1.807) is 7.05 Å². The molecule has 0 fully saturated rings. The normalized spacial score (nSPS) is 12.0. The lowest BCUT2D eigenvalue weighted by Gasteiger charge is -2.17. The van der Waals surface area contributed by atoms with Gasteiger partial charge in [0.15, 0.2) is 5.13 Å². The highest BCUT2D eigenvalue weighted by molar-refractivity contribution is 7.90. The summed E-state index contributed by atoms with van der Waals surface area (Å²) in [4.78, 5) is 5.36. The van der Waals surface area contributed by atoms with Gasteiger partial charge in [-0.05, 0) is 39.3 Å². The van der Waals surface area contributed by atoms with Crippen LogP contribution in [0.1, 0.15) is 37.3 Å². The van der Waals surface area contributed by atoms with Crippen LogP contribution in [0.3, 0.4) is 0 Å². The fourth-order valence-electron chi connectivity index (χ4n) is 1.84. The van der Waals surface area contributed by atoms with Crippen LogP contribution in [0, 0.1) is 6.92 Å². The van der Waals surface area contributed by atoms with Gasteiger partial charge < -0.3 is 5.32 Å². The van der Waals surface area contributed by atoms with Crippen molar-refractivity contribution in [2.24, 2.45) is 0 Å². The number of anilines is 1. The summed E-state index contributed by atoms with van der Waals surface area (Å²) in [7, 11) is -1.93. The van der Waals surface area contributed by atoms with Gasteiger partial charge in [-0.25, -0.2) is 9.71 Å². The Kier molecular flexibility index (Phi) is 7.58. The lowest BCUT2D eigenvalue weighted by Crippen LogP contribution is -2.34. The van der Waals surface area contributed by atoms with E-state index in [1.807, 2.05) is 13.8 Å². The third-order valence-corrected chi connectivity index (χ3v) is 5.62. The van der Waals surface area contributed by atoms with Gasteiger partial charge >= 0.3 is 10.2 Å². The van der Waals surface area contributed by atoms with Gasteiger partial charge in [-0.1, -0.05) is 13.8 Å². The number of hydrogen-bond donors (Lipinski definition) is 2. The molecule has 8 heteroatoms. The molecule has 0 unspecified atom stereocenters. The van der Waals surface area contributed by atoms with Crippen molar-refractivity contribution in [3.05, 3.63) is 10.6 Å². The van der Waals surface area contributed by atoms with Crippen LogP contribution in [0.25, 0.3) is 0 Å². The minimum absolute atomic E-state index is 0.445. The van der Waals surface area contributed by atoms with Crippen molar-refractivity contribution >= 4 is 26.7 Å². The molecule has 1 aromatic heterocycles. The fraction of sp³-hybridized carbons (Fsp3) is 0.769. The molecule has 1 rings (SSSR count). The fourth-order valence-corrected chi connectivity index (χ4v) is 3.86. The highest BCUT2D eigenvalue weighted by Gasteiger charge is 2.19. The average molecular weight is 335 g/mol. The van der Waals surface area contributed by atoms with Crippen molar-refractivity contribution in [2.45, 2.75) is 40.0 Å². The molecule has 21 heavy (non-hydrogen) atoms. The lowest BCUT2D eigenvalue weighted by atomic mass is 10.3. The van der Waals surface area contributed by atoms with Crippen LogP contribution < -0.4 is 10.0 Å². The molecule has 0 aliphatic rings. The molecule has 1 heterocycles. The highest BCUT2D eigenvalue weighted by atomic mass is 32.2. The zero-order valence-corrected chi connectivity index (χ0v) is 14.9. The largest absolute Gasteiger partial charge is 0.317 e. The SMILES string of the molecule is CCCNCCCN(C)S(=O)(=O)Nc1nc(CC)c(C)s1. The van der Waals surface area contributed by atoms with Crippen molar-refractivity contribution in [1.82, 2.24) is 14.6 Å². The predicted octanol–water partition coefficient (Wildman–Crippen LogP) is 1.99. The van der Waals surface area contributed by atoms with Crippen molar-refractivity contribution in [3.8, 4) is 0 Å². The van der Waals surface area contributed by atoms with Gasteiger partial charge in [0.05, 0.1) is 5.69 Å². The maximum atomic E-state index is 12.2. The van der Waals surface area contributed by atoms with Gasteiger partial charge in [0.1, 0.15) is 0 Å². The summed E-state index contributed by atoms with van der Waals surface area (Å²) >= 11 is 1.38. The number of aryl methyl sites for hydroxylation is 2. The Hall–Kier alpha value is -0.700. The van der Waals surface area contributed by atoms with Crippen LogP contribution in [-0.2, 0) is 16.6 Å². The van der Waals surface area contributed by atoms with Crippen molar-refractivity contribution in [1.29, 1.82) is 0 Å². The molecule has 0 aliphatic heterocycles. The van der Waals surface area contributed by atoms with Crippen molar-refractivity contribution in [2.75, 3.05) is 31.4 Å². The van der Waals surface area contributed by atoms with Crippen molar-refractivity contribution in [3.63, 3.8) is 0 Å². The minimum atomic E-state index is -3.51. The quantitative estimate of drug-likeness (QED) is 0.642. The van der Waals surface area contributed by atoms with Gasteiger partial charge in [0.2, 0.25) is 0 Å². The summed E-state index contributed by atoms with van der Waals surface area (Å²) in [6.45, 7) is 8.34. The summed E-state index contributed by atoms with van der Waals surface area (Å²) in [5.74, 6) is 0. The van der Waals surface area contributed by atoms with E-state index in [9.17, 15) is 8.42 Å². The summed E-state index contributed by atoms with van der Waals surface area (Å²) in [6.07, 6.45) is 2.68. The van der Waals surface area contributed by atoms with E-state index in [-0.39, 0.29) is 0 Å². The molecule has 122 valence electrons. The summed E-state index contributed by atoms with van der Waals surface area (Å²) < 4.78 is 28.3. The van der Waals surface area contributed by atoms with Crippen molar-refractivity contribution < 1.29 is 8.42 Å². The van der Waals surface area contributed by atoms with E-state index in [1.165, 1.54) is 15.6 Å². The molecule has 0 bridgehead atoms. The lowest BCUT2D eigenvalue weighted by molar-refractivity contribution is 0.458. The average Bonchev–Trinajstić information content (AvgIpc) is 2.77. The van der Waals surface area contributed by atoms with E-state index < -0.39 is 10.2 Å². The summed E-state index contributed by atoms with van der Waals surface area (Å²) in [6, 6.07) is 0. The molecule has 0 atom stereocenters. The molecule has 6 nitrogen and oxygen atoms in total.